The normalized spacial score (nSPS) is 15.7. The van der Waals surface area contributed by atoms with Crippen LogP contribution in [0.15, 0.2) is 12.1 Å². The molecule has 76 valence electrons. The molecule has 1 aliphatic rings. The lowest BCUT2D eigenvalue weighted by molar-refractivity contribution is 0.616. The third-order valence-electron chi connectivity index (χ3n) is 2.85. The summed E-state index contributed by atoms with van der Waals surface area (Å²) in [5.41, 5.74) is 2.82. The maximum absolute atomic E-state index is 13.4. The van der Waals surface area contributed by atoms with Crippen LogP contribution in [0.2, 0.25) is 0 Å². The standard InChI is InChI=1S/C11H15FN2/c1-8-6-10-11(7-9(8)12)14(3)5-4-13(10)2/h6-7H,4-5H2,1-3H3. The van der Waals surface area contributed by atoms with E-state index in [9.17, 15) is 4.39 Å². The molecule has 0 atom stereocenters. The molecule has 0 spiro atoms. The summed E-state index contributed by atoms with van der Waals surface area (Å²) in [6.07, 6.45) is 0. The van der Waals surface area contributed by atoms with Crippen molar-refractivity contribution in [2.45, 2.75) is 6.92 Å². The lowest BCUT2D eigenvalue weighted by atomic mass is 10.1. The molecule has 0 aliphatic carbocycles. The fourth-order valence-corrected chi connectivity index (χ4v) is 1.81. The van der Waals surface area contributed by atoms with Crippen molar-refractivity contribution in [2.24, 2.45) is 0 Å². The topological polar surface area (TPSA) is 6.48 Å². The molecule has 1 aromatic carbocycles. The highest BCUT2D eigenvalue weighted by atomic mass is 19.1. The summed E-state index contributed by atoms with van der Waals surface area (Å²) in [6, 6.07) is 3.54. The molecule has 0 aromatic heterocycles. The van der Waals surface area contributed by atoms with Gasteiger partial charge in [0.05, 0.1) is 11.4 Å². The van der Waals surface area contributed by atoms with E-state index < -0.39 is 0 Å². The minimum Gasteiger partial charge on any atom is -0.371 e. The van der Waals surface area contributed by atoms with Gasteiger partial charge in [-0.1, -0.05) is 0 Å². The molecular weight excluding hydrogens is 179 g/mol. The number of hydrogen-bond acceptors (Lipinski definition) is 2. The zero-order valence-electron chi connectivity index (χ0n) is 8.84. The van der Waals surface area contributed by atoms with Crippen LogP contribution in [0.25, 0.3) is 0 Å². The van der Waals surface area contributed by atoms with Gasteiger partial charge in [0.1, 0.15) is 5.82 Å². The Balaban J connectivity index is 2.56. The molecule has 0 amide bonds. The second-order valence-electron chi connectivity index (χ2n) is 3.93. The Hall–Kier alpha value is -1.25. The van der Waals surface area contributed by atoms with Gasteiger partial charge in [-0.25, -0.2) is 4.39 Å². The lowest BCUT2D eigenvalue weighted by Crippen LogP contribution is -2.36. The van der Waals surface area contributed by atoms with Crippen LogP contribution in [0.3, 0.4) is 0 Å². The van der Waals surface area contributed by atoms with E-state index in [0.29, 0.717) is 5.56 Å². The molecule has 0 fully saturated rings. The fraction of sp³-hybridized carbons (Fsp3) is 0.455. The van der Waals surface area contributed by atoms with E-state index in [1.807, 2.05) is 20.2 Å². The molecule has 1 aromatic rings. The predicted molar refractivity (Wildman–Crippen MR) is 57.7 cm³/mol. The first kappa shape index (κ1) is 9.31. The maximum atomic E-state index is 13.4. The number of aryl methyl sites for hydroxylation is 1. The second-order valence-corrected chi connectivity index (χ2v) is 3.93. The van der Waals surface area contributed by atoms with Crippen LogP contribution in [-0.4, -0.2) is 27.2 Å². The first-order valence-electron chi connectivity index (χ1n) is 4.82. The van der Waals surface area contributed by atoms with Crippen LogP contribution in [0.5, 0.6) is 0 Å². The fourth-order valence-electron chi connectivity index (χ4n) is 1.81. The third-order valence-corrected chi connectivity index (χ3v) is 2.85. The molecular formula is C11H15FN2. The molecule has 1 heterocycles. The summed E-state index contributed by atoms with van der Waals surface area (Å²) in [7, 11) is 4.05. The largest absolute Gasteiger partial charge is 0.371 e. The molecule has 2 nitrogen and oxygen atoms in total. The Labute approximate surface area is 83.9 Å². The van der Waals surface area contributed by atoms with Crippen molar-refractivity contribution >= 4 is 11.4 Å². The molecule has 14 heavy (non-hydrogen) atoms. The molecule has 0 N–H and O–H groups in total. The minimum absolute atomic E-state index is 0.120. The van der Waals surface area contributed by atoms with Crippen LogP contribution in [0.1, 0.15) is 5.56 Å². The quantitative estimate of drug-likeness (QED) is 0.623. The molecule has 3 heteroatoms. The summed E-state index contributed by atoms with van der Waals surface area (Å²) in [5.74, 6) is -0.120. The van der Waals surface area contributed by atoms with Gasteiger partial charge in [0.25, 0.3) is 0 Å². The van der Waals surface area contributed by atoms with E-state index in [2.05, 4.69) is 9.80 Å². The average Bonchev–Trinajstić information content (AvgIpc) is 2.15. The number of hydrogen-bond donors (Lipinski definition) is 0. The van der Waals surface area contributed by atoms with Crippen molar-refractivity contribution in [3.8, 4) is 0 Å². The SMILES string of the molecule is Cc1cc2c(cc1F)N(C)CCN2C. The number of nitrogens with zero attached hydrogens (tertiary/aromatic N) is 2. The van der Waals surface area contributed by atoms with Crippen LogP contribution in [-0.2, 0) is 0 Å². The van der Waals surface area contributed by atoms with Gasteiger partial charge in [0, 0.05) is 27.2 Å². The smallest absolute Gasteiger partial charge is 0.128 e. The molecule has 1 aliphatic heterocycles. The highest BCUT2D eigenvalue weighted by Crippen LogP contribution is 2.33. The van der Waals surface area contributed by atoms with Crippen molar-refractivity contribution in [3.63, 3.8) is 0 Å². The van der Waals surface area contributed by atoms with Gasteiger partial charge in [-0.3, -0.25) is 0 Å². The summed E-state index contributed by atoms with van der Waals surface area (Å²) < 4.78 is 13.4. The van der Waals surface area contributed by atoms with Gasteiger partial charge in [0.15, 0.2) is 0 Å². The van der Waals surface area contributed by atoms with Gasteiger partial charge < -0.3 is 9.80 Å². The van der Waals surface area contributed by atoms with Gasteiger partial charge in [0.2, 0.25) is 0 Å². The molecule has 0 unspecified atom stereocenters. The van der Waals surface area contributed by atoms with Crippen molar-refractivity contribution < 1.29 is 4.39 Å². The first-order valence-corrected chi connectivity index (χ1v) is 4.82. The number of rotatable bonds is 0. The van der Waals surface area contributed by atoms with Crippen LogP contribution in [0.4, 0.5) is 15.8 Å². The molecule has 0 saturated heterocycles. The predicted octanol–water partition coefficient (Wildman–Crippen LogP) is 2.02. The molecule has 0 radical (unpaired) electrons. The van der Waals surface area contributed by atoms with Crippen molar-refractivity contribution in [1.29, 1.82) is 0 Å². The number of halogens is 1. The molecule has 0 saturated carbocycles. The lowest BCUT2D eigenvalue weighted by Gasteiger charge is -2.35. The van der Waals surface area contributed by atoms with E-state index in [1.54, 1.807) is 13.0 Å². The Morgan fingerprint density at radius 2 is 1.57 bits per heavy atom. The van der Waals surface area contributed by atoms with E-state index >= 15 is 0 Å². The summed E-state index contributed by atoms with van der Waals surface area (Å²) in [5, 5.41) is 0. The van der Waals surface area contributed by atoms with Crippen LogP contribution < -0.4 is 9.80 Å². The average molecular weight is 194 g/mol. The Morgan fingerprint density at radius 3 is 2.14 bits per heavy atom. The monoisotopic (exact) mass is 194 g/mol. The highest BCUT2D eigenvalue weighted by Gasteiger charge is 2.18. The number of fused-ring (bicyclic) bond motifs is 1. The van der Waals surface area contributed by atoms with E-state index in [0.717, 1.165) is 24.5 Å². The van der Waals surface area contributed by atoms with Crippen molar-refractivity contribution in [3.05, 3.63) is 23.5 Å². The zero-order chi connectivity index (χ0) is 10.3. The van der Waals surface area contributed by atoms with Crippen LogP contribution in [0, 0.1) is 12.7 Å². The highest BCUT2D eigenvalue weighted by molar-refractivity contribution is 5.73. The second kappa shape index (κ2) is 3.15. The Bertz CT molecular complexity index is 328. The number of anilines is 2. The van der Waals surface area contributed by atoms with Gasteiger partial charge in [-0.05, 0) is 24.6 Å². The van der Waals surface area contributed by atoms with Crippen LogP contribution >= 0.6 is 0 Å². The van der Waals surface area contributed by atoms with Gasteiger partial charge in [-0.2, -0.15) is 0 Å². The maximum Gasteiger partial charge on any atom is 0.128 e. The minimum atomic E-state index is -0.120. The molecule has 0 bridgehead atoms. The summed E-state index contributed by atoms with van der Waals surface area (Å²) in [4.78, 5) is 4.26. The summed E-state index contributed by atoms with van der Waals surface area (Å²) >= 11 is 0. The van der Waals surface area contributed by atoms with E-state index in [4.69, 9.17) is 0 Å². The number of benzene rings is 1. The van der Waals surface area contributed by atoms with Gasteiger partial charge >= 0.3 is 0 Å². The van der Waals surface area contributed by atoms with E-state index in [-0.39, 0.29) is 5.82 Å². The van der Waals surface area contributed by atoms with Crippen molar-refractivity contribution in [2.75, 3.05) is 37.0 Å². The van der Waals surface area contributed by atoms with Gasteiger partial charge in [-0.15, -0.1) is 0 Å². The molecule has 2 rings (SSSR count). The summed E-state index contributed by atoms with van der Waals surface area (Å²) in [6.45, 7) is 3.75. The van der Waals surface area contributed by atoms with Crippen molar-refractivity contribution in [1.82, 2.24) is 0 Å². The first-order chi connectivity index (χ1) is 6.59. The zero-order valence-corrected chi connectivity index (χ0v) is 8.84. The Morgan fingerprint density at radius 1 is 1.07 bits per heavy atom. The van der Waals surface area contributed by atoms with E-state index in [1.165, 1.54) is 0 Å². The Kier molecular flexibility index (Phi) is 2.10. The number of likely N-dealkylation sites (N-methyl/N-ethyl adjacent to an activating group) is 2. The third kappa shape index (κ3) is 1.33.